The van der Waals surface area contributed by atoms with E-state index in [-0.39, 0.29) is 5.69 Å². The monoisotopic (exact) mass is 594 g/mol. The molecule has 2 heterocycles. The van der Waals surface area contributed by atoms with Crippen LogP contribution in [0.15, 0.2) is 150 Å². The molecule has 0 unspecified atom stereocenters. The number of imidazole rings is 1. The van der Waals surface area contributed by atoms with Crippen LogP contribution < -0.4 is 5.69 Å². The smallest absolute Gasteiger partial charge is 0.295 e. The van der Waals surface area contributed by atoms with Gasteiger partial charge in [-0.3, -0.25) is 9.13 Å². The van der Waals surface area contributed by atoms with E-state index < -0.39 is 0 Å². The van der Waals surface area contributed by atoms with Crippen LogP contribution in [0, 0.1) is 0 Å². The lowest BCUT2D eigenvalue weighted by Crippen LogP contribution is -2.19. The second kappa shape index (κ2) is 11.1. The van der Waals surface area contributed by atoms with Crippen molar-refractivity contribution in [2.24, 2.45) is 14.1 Å². The number of hydrogen-bond donors (Lipinski definition) is 0. The van der Waals surface area contributed by atoms with Crippen LogP contribution in [0.4, 0.5) is 0 Å². The van der Waals surface area contributed by atoms with Gasteiger partial charge in [0.1, 0.15) is 0 Å². The summed E-state index contributed by atoms with van der Waals surface area (Å²) in [5, 5.41) is 2.47. The third-order valence-electron chi connectivity index (χ3n) is 8.81. The maximum Gasteiger partial charge on any atom is 0.328 e. The van der Waals surface area contributed by atoms with E-state index in [1.165, 1.54) is 16.3 Å². The highest BCUT2D eigenvalue weighted by atomic mass is 16.1. The highest BCUT2D eigenvalue weighted by Crippen LogP contribution is 2.32. The van der Waals surface area contributed by atoms with Gasteiger partial charge < -0.3 is 0 Å². The molecule has 0 N–H and O–H groups in total. The van der Waals surface area contributed by atoms with Crippen molar-refractivity contribution in [1.29, 1.82) is 0 Å². The van der Waals surface area contributed by atoms with E-state index >= 15 is 0 Å². The van der Waals surface area contributed by atoms with E-state index in [9.17, 15) is 4.79 Å². The van der Waals surface area contributed by atoms with E-state index in [0.29, 0.717) is 5.82 Å². The largest absolute Gasteiger partial charge is 0.328 e. The normalized spacial score (nSPS) is 11.3. The molecule has 8 rings (SSSR count). The molecule has 2 aromatic heterocycles. The number of aryl methyl sites for hydroxylation is 2. The Morgan fingerprint density at radius 3 is 1.57 bits per heavy atom. The van der Waals surface area contributed by atoms with Crippen LogP contribution in [0.3, 0.4) is 0 Å². The Labute approximate surface area is 266 Å². The van der Waals surface area contributed by atoms with Crippen molar-refractivity contribution in [3.05, 3.63) is 156 Å². The SMILES string of the molecule is Cn1c(=O)n(C)c2cc(-c3ccc(-c4cc(-c5ccc(-c6ccc7ccccc7c6)cc5)nc(-c5ccccc5)n4)cc3)ccc21. The molecular formula is C41H30N4O. The summed E-state index contributed by atoms with van der Waals surface area (Å²) in [6, 6.07) is 50.4. The first-order valence-electron chi connectivity index (χ1n) is 15.3. The fourth-order valence-corrected chi connectivity index (χ4v) is 6.18. The van der Waals surface area contributed by atoms with E-state index in [0.717, 1.165) is 55.8 Å². The maximum absolute atomic E-state index is 12.4. The lowest BCUT2D eigenvalue weighted by molar-refractivity contribution is 0.795. The molecule has 0 saturated carbocycles. The zero-order valence-electron chi connectivity index (χ0n) is 25.6. The molecule has 220 valence electrons. The molecule has 5 nitrogen and oxygen atoms in total. The third kappa shape index (κ3) is 4.88. The zero-order valence-corrected chi connectivity index (χ0v) is 25.6. The first kappa shape index (κ1) is 27.5. The Kier molecular flexibility index (Phi) is 6.65. The van der Waals surface area contributed by atoms with Crippen LogP contribution in [-0.4, -0.2) is 19.1 Å². The van der Waals surface area contributed by atoms with Gasteiger partial charge in [0.05, 0.1) is 22.4 Å². The quantitative estimate of drug-likeness (QED) is 0.200. The Balaban J connectivity index is 1.16. The van der Waals surface area contributed by atoms with Gasteiger partial charge in [-0.2, -0.15) is 0 Å². The van der Waals surface area contributed by atoms with Crippen LogP contribution >= 0.6 is 0 Å². The number of hydrogen-bond acceptors (Lipinski definition) is 3. The van der Waals surface area contributed by atoms with Gasteiger partial charge in [-0.05, 0) is 57.3 Å². The summed E-state index contributed by atoms with van der Waals surface area (Å²) in [5.41, 5.74) is 11.0. The standard InChI is InChI=1S/C41H30N4O/c1-44-38-23-22-35(25-39(38)45(2)41(44)46)29-14-19-31(20-15-29)37-26-36(42-40(43-37)32-9-4-3-5-10-32)30-17-12-28(13-18-30)34-21-16-27-8-6-7-11-33(27)24-34/h3-26H,1-2H3. The Hall–Kier alpha value is -6.07. The zero-order chi connectivity index (χ0) is 31.2. The molecule has 0 aliphatic heterocycles. The van der Waals surface area contributed by atoms with Crippen molar-refractivity contribution in [1.82, 2.24) is 19.1 Å². The van der Waals surface area contributed by atoms with Crippen molar-refractivity contribution in [2.75, 3.05) is 0 Å². The second-order valence-corrected chi connectivity index (χ2v) is 11.6. The Morgan fingerprint density at radius 1 is 0.413 bits per heavy atom. The van der Waals surface area contributed by atoms with Crippen LogP contribution in [-0.2, 0) is 14.1 Å². The molecule has 5 heteroatoms. The van der Waals surface area contributed by atoms with Gasteiger partial charge in [-0.25, -0.2) is 14.8 Å². The van der Waals surface area contributed by atoms with Crippen LogP contribution in [0.1, 0.15) is 0 Å². The molecule has 0 saturated heterocycles. The molecule has 0 aliphatic carbocycles. The molecule has 0 aliphatic rings. The molecular weight excluding hydrogens is 564 g/mol. The highest BCUT2D eigenvalue weighted by Gasteiger charge is 2.13. The minimum Gasteiger partial charge on any atom is -0.295 e. The number of nitrogens with zero attached hydrogens (tertiary/aromatic N) is 4. The van der Waals surface area contributed by atoms with Crippen molar-refractivity contribution in [3.8, 4) is 56.2 Å². The Bertz CT molecular complexity index is 2440. The third-order valence-corrected chi connectivity index (χ3v) is 8.81. The maximum atomic E-state index is 12.4. The molecule has 0 bridgehead atoms. The predicted octanol–water partition coefficient (Wildman–Crippen LogP) is 9.16. The van der Waals surface area contributed by atoms with Crippen molar-refractivity contribution in [3.63, 3.8) is 0 Å². The summed E-state index contributed by atoms with van der Waals surface area (Å²) in [5.74, 6) is 0.686. The van der Waals surface area contributed by atoms with Crippen molar-refractivity contribution < 1.29 is 0 Å². The van der Waals surface area contributed by atoms with E-state index in [1.54, 1.807) is 16.2 Å². The summed E-state index contributed by atoms with van der Waals surface area (Å²) in [6.45, 7) is 0. The number of benzene rings is 6. The average molecular weight is 595 g/mol. The minimum absolute atomic E-state index is 0.0281. The fourth-order valence-electron chi connectivity index (χ4n) is 6.18. The molecule has 8 aromatic rings. The number of aromatic nitrogens is 4. The van der Waals surface area contributed by atoms with Gasteiger partial charge in [-0.1, -0.05) is 121 Å². The van der Waals surface area contributed by atoms with Gasteiger partial charge in [0.2, 0.25) is 0 Å². The van der Waals surface area contributed by atoms with Crippen LogP contribution in [0.25, 0.3) is 78.0 Å². The van der Waals surface area contributed by atoms with Gasteiger partial charge in [-0.15, -0.1) is 0 Å². The van der Waals surface area contributed by atoms with Gasteiger partial charge >= 0.3 is 5.69 Å². The molecule has 0 radical (unpaired) electrons. The number of rotatable bonds is 5. The Morgan fingerprint density at radius 2 is 0.913 bits per heavy atom. The van der Waals surface area contributed by atoms with E-state index in [1.807, 2.05) is 43.4 Å². The summed E-state index contributed by atoms with van der Waals surface area (Å²) in [4.78, 5) is 22.5. The second-order valence-electron chi connectivity index (χ2n) is 11.6. The van der Waals surface area contributed by atoms with Crippen molar-refractivity contribution in [2.45, 2.75) is 0 Å². The predicted molar refractivity (Wildman–Crippen MR) is 188 cm³/mol. The molecule has 0 fully saturated rings. The van der Waals surface area contributed by atoms with Crippen molar-refractivity contribution >= 4 is 21.8 Å². The van der Waals surface area contributed by atoms with E-state index in [4.69, 9.17) is 9.97 Å². The first-order valence-corrected chi connectivity index (χ1v) is 15.3. The van der Waals surface area contributed by atoms with Crippen LogP contribution in [0.5, 0.6) is 0 Å². The minimum atomic E-state index is -0.0281. The molecule has 0 amide bonds. The number of fused-ring (bicyclic) bond motifs is 2. The molecule has 0 spiro atoms. The molecule has 46 heavy (non-hydrogen) atoms. The summed E-state index contributed by atoms with van der Waals surface area (Å²) < 4.78 is 3.37. The van der Waals surface area contributed by atoms with Crippen LogP contribution in [0.2, 0.25) is 0 Å². The lowest BCUT2D eigenvalue weighted by atomic mass is 9.99. The summed E-state index contributed by atoms with van der Waals surface area (Å²) in [6.07, 6.45) is 0. The fraction of sp³-hybridized carbons (Fsp3) is 0.0488. The van der Waals surface area contributed by atoms with E-state index in [2.05, 4.69) is 109 Å². The average Bonchev–Trinajstić information content (AvgIpc) is 3.34. The molecule has 6 aromatic carbocycles. The summed E-state index contributed by atoms with van der Waals surface area (Å²) in [7, 11) is 3.61. The molecule has 0 atom stereocenters. The highest BCUT2D eigenvalue weighted by molar-refractivity contribution is 5.88. The van der Waals surface area contributed by atoms with Gasteiger partial charge in [0.15, 0.2) is 5.82 Å². The summed E-state index contributed by atoms with van der Waals surface area (Å²) >= 11 is 0. The van der Waals surface area contributed by atoms with Gasteiger partial charge in [0, 0.05) is 30.8 Å². The lowest BCUT2D eigenvalue weighted by Gasteiger charge is -2.11. The first-order chi connectivity index (χ1) is 22.5. The van der Waals surface area contributed by atoms with Gasteiger partial charge in [0.25, 0.3) is 0 Å². The topological polar surface area (TPSA) is 52.7 Å².